The summed E-state index contributed by atoms with van der Waals surface area (Å²) in [5, 5.41) is 0. The molecule has 0 aliphatic heterocycles. The van der Waals surface area contributed by atoms with Crippen LogP contribution >= 0.6 is 0 Å². The van der Waals surface area contributed by atoms with Gasteiger partial charge in [0.05, 0.1) is 4.90 Å². The van der Waals surface area contributed by atoms with Crippen molar-refractivity contribution in [1.82, 2.24) is 4.31 Å². The molecule has 0 fully saturated rings. The molecule has 0 spiro atoms. The summed E-state index contributed by atoms with van der Waals surface area (Å²) in [5.74, 6) is 0. The molecule has 1 rings (SSSR count). The standard InChI is InChI=1S/C14H24N2O2S/c1-6-8-16(7-2)19(17,18)14-11(4)10(3)9-13(15)12(14)5/h9H,6-8,15H2,1-5H3. The van der Waals surface area contributed by atoms with Crippen LogP contribution in [-0.2, 0) is 10.0 Å². The molecule has 0 aliphatic carbocycles. The number of sulfonamides is 1. The molecular weight excluding hydrogens is 260 g/mol. The molecule has 108 valence electrons. The Balaban J connectivity index is 3.52. The molecule has 0 bridgehead atoms. The Hall–Kier alpha value is -1.07. The summed E-state index contributed by atoms with van der Waals surface area (Å²) < 4.78 is 27.1. The van der Waals surface area contributed by atoms with Crippen LogP contribution in [0.1, 0.15) is 37.0 Å². The van der Waals surface area contributed by atoms with Gasteiger partial charge in [-0.3, -0.25) is 0 Å². The molecule has 0 aromatic heterocycles. The van der Waals surface area contributed by atoms with Crippen LogP contribution in [0.5, 0.6) is 0 Å². The first-order valence-electron chi connectivity index (χ1n) is 6.63. The summed E-state index contributed by atoms with van der Waals surface area (Å²) in [6.07, 6.45) is 0.798. The Morgan fingerprint density at radius 3 is 2.21 bits per heavy atom. The number of nitrogens with two attached hydrogens (primary N) is 1. The Morgan fingerprint density at radius 2 is 1.74 bits per heavy atom. The van der Waals surface area contributed by atoms with Gasteiger partial charge in [0, 0.05) is 18.8 Å². The van der Waals surface area contributed by atoms with Crippen molar-refractivity contribution in [2.45, 2.75) is 45.9 Å². The van der Waals surface area contributed by atoms with E-state index in [1.807, 2.05) is 33.8 Å². The summed E-state index contributed by atoms with van der Waals surface area (Å²) in [7, 11) is -3.47. The van der Waals surface area contributed by atoms with Crippen molar-refractivity contribution < 1.29 is 8.42 Å². The molecule has 0 atom stereocenters. The third-order valence-corrected chi connectivity index (χ3v) is 5.75. The Labute approximate surface area is 116 Å². The van der Waals surface area contributed by atoms with E-state index in [2.05, 4.69) is 0 Å². The van der Waals surface area contributed by atoms with E-state index in [1.165, 1.54) is 4.31 Å². The summed E-state index contributed by atoms with van der Waals surface area (Å²) in [6.45, 7) is 10.3. The maximum atomic E-state index is 12.8. The average molecular weight is 284 g/mol. The number of hydrogen-bond donors (Lipinski definition) is 1. The van der Waals surface area contributed by atoms with E-state index in [0.717, 1.165) is 17.5 Å². The first-order chi connectivity index (χ1) is 8.77. The Bertz CT molecular complexity index is 539. The highest BCUT2D eigenvalue weighted by molar-refractivity contribution is 7.89. The second kappa shape index (κ2) is 5.92. The van der Waals surface area contributed by atoms with Crippen LogP contribution in [0, 0.1) is 20.8 Å². The monoisotopic (exact) mass is 284 g/mol. The first kappa shape index (κ1) is 16.0. The first-order valence-corrected chi connectivity index (χ1v) is 8.07. The van der Waals surface area contributed by atoms with Gasteiger partial charge >= 0.3 is 0 Å². The van der Waals surface area contributed by atoms with Gasteiger partial charge in [-0.05, 0) is 49.9 Å². The van der Waals surface area contributed by atoms with E-state index in [-0.39, 0.29) is 0 Å². The van der Waals surface area contributed by atoms with Crippen molar-refractivity contribution in [3.05, 3.63) is 22.8 Å². The van der Waals surface area contributed by atoms with Gasteiger partial charge in [-0.15, -0.1) is 0 Å². The third-order valence-electron chi connectivity index (χ3n) is 3.50. The molecular formula is C14H24N2O2S. The normalized spacial score (nSPS) is 12.1. The van der Waals surface area contributed by atoms with Crippen LogP contribution in [0.25, 0.3) is 0 Å². The fourth-order valence-electron chi connectivity index (χ4n) is 2.25. The topological polar surface area (TPSA) is 63.4 Å². The number of hydrogen-bond acceptors (Lipinski definition) is 3. The number of anilines is 1. The number of aryl methyl sites for hydroxylation is 1. The number of benzene rings is 1. The molecule has 0 saturated heterocycles. The minimum Gasteiger partial charge on any atom is -0.398 e. The van der Waals surface area contributed by atoms with Crippen LogP contribution in [0.3, 0.4) is 0 Å². The van der Waals surface area contributed by atoms with Crippen LogP contribution in [0.4, 0.5) is 5.69 Å². The minimum atomic E-state index is -3.47. The van der Waals surface area contributed by atoms with Gasteiger partial charge in [-0.25, -0.2) is 8.42 Å². The van der Waals surface area contributed by atoms with Crippen molar-refractivity contribution in [2.24, 2.45) is 0 Å². The third kappa shape index (κ3) is 2.92. The molecule has 4 nitrogen and oxygen atoms in total. The largest absolute Gasteiger partial charge is 0.398 e. The SMILES string of the molecule is CCCN(CC)S(=O)(=O)c1c(C)c(C)cc(N)c1C. The van der Waals surface area contributed by atoms with Crippen molar-refractivity contribution in [2.75, 3.05) is 18.8 Å². The molecule has 0 unspecified atom stereocenters. The van der Waals surface area contributed by atoms with Crippen molar-refractivity contribution in [3.63, 3.8) is 0 Å². The summed E-state index contributed by atoms with van der Waals surface area (Å²) >= 11 is 0. The lowest BCUT2D eigenvalue weighted by atomic mass is 10.1. The molecule has 0 heterocycles. The Kier molecular flexibility index (Phi) is 4.98. The van der Waals surface area contributed by atoms with Crippen molar-refractivity contribution >= 4 is 15.7 Å². The van der Waals surface area contributed by atoms with Crippen LogP contribution in [0.15, 0.2) is 11.0 Å². The van der Waals surface area contributed by atoms with E-state index in [1.54, 1.807) is 6.92 Å². The molecule has 2 N–H and O–H groups in total. The summed E-state index contributed by atoms with van der Waals surface area (Å²) in [6, 6.07) is 1.83. The van der Waals surface area contributed by atoms with E-state index < -0.39 is 10.0 Å². The molecule has 0 aliphatic rings. The Morgan fingerprint density at radius 1 is 1.16 bits per heavy atom. The minimum absolute atomic E-state index is 0.375. The van der Waals surface area contributed by atoms with Gasteiger partial charge in [-0.2, -0.15) is 4.31 Å². The lowest BCUT2D eigenvalue weighted by Crippen LogP contribution is -2.32. The van der Waals surface area contributed by atoms with E-state index in [0.29, 0.717) is 29.2 Å². The number of rotatable bonds is 5. The van der Waals surface area contributed by atoms with Gasteiger partial charge in [0.2, 0.25) is 10.0 Å². The van der Waals surface area contributed by atoms with E-state index in [9.17, 15) is 8.42 Å². The second-order valence-electron chi connectivity index (χ2n) is 4.86. The van der Waals surface area contributed by atoms with Crippen LogP contribution in [-0.4, -0.2) is 25.8 Å². The number of nitrogen functional groups attached to an aromatic ring is 1. The lowest BCUT2D eigenvalue weighted by molar-refractivity contribution is 0.426. The highest BCUT2D eigenvalue weighted by atomic mass is 32.2. The van der Waals surface area contributed by atoms with Gasteiger partial charge in [-0.1, -0.05) is 13.8 Å². The average Bonchev–Trinajstić information content (AvgIpc) is 2.33. The zero-order chi connectivity index (χ0) is 14.8. The van der Waals surface area contributed by atoms with Crippen molar-refractivity contribution in [3.8, 4) is 0 Å². The molecule has 1 aromatic carbocycles. The lowest BCUT2D eigenvalue weighted by Gasteiger charge is -2.23. The maximum absolute atomic E-state index is 12.8. The molecule has 0 saturated carbocycles. The predicted octanol–water partition coefficient (Wildman–Crippen LogP) is 2.61. The van der Waals surface area contributed by atoms with Gasteiger partial charge in [0.25, 0.3) is 0 Å². The summed E-state index contributed by atoms with van der Waals surface area (Å²) in [4.78, 5) is 0.375. The van der Waals surface area contributed by atoms with E-state index >= 15 is 0 Å². The van der Waals surface area contributed by atoms with Gasteiger partial charge in [0.1, 0.15) is 0 Å². The highest BCUT2D eigenvalue weighted by Gasteiger charge is 2.27. The van der Waals surface area contributed by atoms with Gasteiger partial charge < -0.3 is 5.73 Å². The van der Waals surface area contributed by atoms with Crippen LogP contribution < -0.4 is 5.73 Å². The fourth-order valence-corrected chi connectivity index (χ4v) is 4.33. The predicted molar refractivity (Wildman–Crippen MR) is 79.8 cm³/mol. The molecule has 0 amide bonds. The highest BCUT2D eigenvalue weighted by Crippen LogP contribution is 2.30. The molecule has 5 heteroatoms. The molecule has 0 radical (unpaired) electrons. The fraction of sp³-hybridized carbons (Fsp3) is 0.571. The van der Waals surface area contributed by atoms with E-state index in [4.69, 9.17) is 5.73 Å². The van der Waals surface area contributed by atoms with Gasteiger partial charge in [0.15, 0.2) is 0 Å². The number of nitrogens with zero attached hydrogens (tertiary/aromatic N) is 1. The second-order valence-corrected chi connectivity index (χ2v) is 6.73. The smallest absolute Gasteiger partial charge is 0.243 e. The quantitative estimate of drug-likeness (QED) is 0.845. The molecule has 19 heavy (non-hydrogen) atoms. The zero-order valence-corrected chi connectivity index (χ0v) is 13.3. The maximum Gasteiger partial charge on any atom is 0.243 e. The molecule has 1 aromatic rings. The van der Waals surface area contributed by atoms with Crippen LogP contribution in [0.2, 0.25) is 0 Å². The summed E-state index contributed by atoms with van der Waals surface area (Å²) in [5.41, 5.74) is 8.81. The zero-order valence-electron chi connectivity index (χ0n) is 12.4. The van der Waals surface area contributed by atoms with Crippen molar-refractivity contribution in [1.29, 1.82) is 0 Å².